The van der Waals surface area contributed by atoms with Gasteiger partial charge < -0.3 is 10.1 Å². The highest BCUT2D eigenvalue weighted by atomic mass is 35.5. The van der Waals surface area contributed by atoms with Gasteiger partial charge in [0.1, 0.15) is 0 Å². The summed E-state index contributed by atoms with van der Waals surface area (Å²) in [6.07, 6.45) is 0.00150. The summed E-state index contributed by atoms with van der Waals surface area (Å²) in [5, 5.41) is 3.14. The Morgan fingerprint density at radius 3 is 2.50 bits per heavy atom. The van der Waals surface area contributed by atoms with Crippen LogP contribution in [-0.2, 0) is 14.3 Å². The minimum Gasteiger partial charge on any atom is -0.456 e. The van der Waals surface area contributed by atoms with Gasteiger partial charge in [0.25, 0.3) is 5.91 Å². The van der Waals surface area contributed by atoms with E-state index in [1.54, 1.807) is 29.5 Å². The number of aryl methyl sites for hydroxylation is 3. The number of hydrogen-bond acceptors (Lipinski definition) is 5. The van der Waals surface area contributed by atoms with Crippen molar-refractivity contribution in [3.8, 4) is 0 Å². The van der Waals surface area contributed by atoms with Crippen molar-refractivity contribution >= 4 is 46.3 Å². The molecule has 0 saturated heterocycles. The van der Waals surface area contributed by atoms with Crippen LogP contribution in [0, 0.1) is 20.8 Å². The smallest absolute Gasteiger partial charge is 0.306 e. The van der Waals surface area contributed by atoms with Crippen LogP contribution >= 0.6 is 22.9 Å². The number of halogens is 1. The molecule has 7 heteroatoms. The van der Waals surface area contributed by atoms with Crippen molar-refractivity contribution < 1.29 is 19.1 Å². The number of ketones is 1. The van der Waals surface area contributed by atoms with Gasteiger partial charge >= 0.3 is 5.97 Å². The summed E-state index contributed by atoms with van der Waals surface area (Å²) in [6, 6.07) is 6.96. The van der Waals surface area contributed by atoms with Gasteiger partial charge in [-0.25, -0.2) is 0 Å². The Morgan fingerprint density at radius 2 is 1.85 bits per heavy atom. The maximum Gasteiger partial charge on any atom is 0.306 e. The first kappa shape index (κ1) is 20.1. The zero-order valence-electron chi connectivity index (χ0n) is 14.8. The maximum atomic E-state index is 12.1. The number of hydrogen-bond donors (Lipinski definition) is 1. The van der Waals surface area contributed by atoms with Crippen molar-refractivity contribution in [2.24, 2.45) is 0 Å². The van der Waals surface area contributed by atoms with E-state index < -0.39 is 18.5 Å². The number of carbonyl (C=O) groups excluding carboxylic acids is 3. The summed E-state index contributed by atoms with van der Waals surface area (Å²) in [4.78, 5) is 37.8. The first-order valence-electron chi connectivity index (χ1n) is 8.08. The summed E-state index contributed by atoms with van der Waals surface area (Å²) in [5.74, 6) is -1.14. The van der Waals surface area contributed by atoms with E-state index in [9.17, 15) is 14.4 Å². The van der Waals surface area contributed by atoms with Gasteiger partial charge in [-0.2, -0.15) is 0 Å². The minimum absolute atomic E-state index is 0.0589. The third kappa shape index (κ3) is 5.68. The molecule has 0 aliphatic heterocycles. The van der Waals surface area contributed by atoms with Crippen LogP contribution < -0.4 is 5.32 Å². The fourth-order valence-electron chi connectivity index (χ4n) is 2.39. The van der Waals surface area contributed by atoms with E-state index in [-0.39, 0.29) is 18.6 Å². The van der Waals surface area contributed by atoms with Crippen molar-refractivity contribution in [3.05, 3.63) is 50.2 Å². The van der Waals surface area contributed by atoms with Gasteiger partial charge in [-0.15, -0.1) is 11.3 Å². The number of nitrogens with one attached hydrogen (secondary N) is 1. The lowest BCUT2D eigenvalue weighted by atomic mass is 10.1. The van der Waals surface area contributed by atoms with Gasteiger partial charge in [0.05, 0.1) is 6.42 Å². The Balaban J connectivity index is 1.77. The van der Waals surface area contributed by atoms with Crippen LogP contribution in [0.1, 0.15) is 38.5 Å². The third-order valence-electron chi connectivity index (χ3n) is 3.74. The first-order valence-corrected chi connectivity index (χ1v) is 9.27. The minimum atomic E-state index is -0.582. The summed E-state index contributed by atoms with van der Waals surface area (Å²) in [7, 11) is 0. The molecule has 1 heterocycles. The molecule has 1 N–H and O–H groups in total. The van der Waals surface area contributed by atoms with Gasteiger partial charge in [0, 0.05) is 32.4 Å². The second-order valence-electron chi connectivity index (χ2n) is 5.92. The van der Waals surface area contributed by atoms with Crippen molar-refractivity contribution in [2.45, 2.75) is 33.6 Å². The van der Waals surface area contributed by atoms with Gasteiger partial charge in [-0.05, 0) is 44.5 Å². The number of amides is 1. The molecule has 26 heavy (non-hydrogen) atoms. The largest absolute Gasteiger partial charge is 0.456 e. The molecule has 138 valence electrons. The Labute approximate surface area is 161 Å². The number of esters is 1. The predicted octanol–water partition coefficient (Wildman–Crippen LogP) is 4.47. The fourth-order valence-corrected chi connectivity index (χ4v) is 3.51. The van der Waals surface area contributed by atoms with E-state index in [1.807, 2.05) is 26.8 Å². The zero-order valence-corrected chi connectivity index (χ0v) is 16.4. The SMILES string of the molecule is Cc1cc(C(=O)CCC(=O)OCC(=O)Nc2cc(Cl)ccc2C)c(C)s1. The Kier molecular flexibility index (Phi) is 6.94. The number of anilines is 1. The molecule has 0 atom stereocenters. The summed E-state index contributed by atoms with van der Waals surface area (Å²) < 4.78 is 4.93. The fraction of sp³-hybridized carbons (Fsp3) is 0.316. The van der Waals surface area contributed by atoms with Crippen molar-refractivity contribution in [2.75, 3.05) is 11.9 Å². The number of benzene rings is 1. The molecule has 2 rings (SSSR count). The number of rotatable bonds is 7. The number of Topliss-reactive ketones (excluding diaryl/α,β-unsaturated/α-hetero) is 1. The lowest BCUT2D eigenvalue weighted by Gasteiger charge is -2.09. The van der Waals surface area contributed by atoms with Crippen LogP contribution in [0.4, 0.5) is 5.69 Å². The lowest BCUT2D eigenvalue weighted by Crippen LogP contribution is -2.21. The molecule has 0 aliphatic carbocycles. The van der Waals surface area contributed by atoms with Crippen molar-refractivity contribution in [1.29, 1.82) is 0 Å². The van der Waals surface area contributed by atoms with Crippen molar-refractivity contribution in [1.82, 2.24) is 0 Å². The van der Waals surface area contributed by atoms with Gasteiger partial charge in [0.15, 0.2) is 12.4 Å². The second kappa shape index (κ2) is 8.96. The molecule has 2 aromatic rings. The van der Waals surface area contributed by atoms with Crippen LogP contribution in [0.5, 0.6) is 0 Å². The predicted molar refractivity (Wildman–Crippen MR) is 103 cm³/mol. The molecule has 0 unspecified atom stereocenters. The average molecular weight is 394 g/mol. The number of carbonyl (C=O) groups is 3. The Hall–Kier alpha value is -2.18. The quantitative estimate of drug-likeness (QED) is 0.556. The van der Waals surface area contributed by atoms with E-state index in [0.717, 1.165) is 15.3 Å². The van der Waals surface area contributed by atoms with Gasteiger partial charge in [-0.3, -0.25) is 14.4 Å². The van der Waals surface area contributed by atoms with Crippen molar-refractivity contribution in [3.63, 3.8) is 0 Å². The molecular weight excluding hydrogens is 374 g/mol. The standard InChI is InChI=1S/C19H20ClNO4S/c1-11-4-5-14(20)9-16(11)21-18(23)10-25-19(24)7-6-17(22)15-8-12(2)26-13(15)3/h4-5,8-9H,6-7,10H2,1-3H3,(H,21,23). The molecular formula is C19H20ClNO4S. The second-order valence-corrected chi connectivity index (χ2v) is 7.82. The molecule has 0 spiro atoms. The van der Waals surface area contributed by atoms with Crippen LogP contribution in [0.2, 0.25) is 5.02 Å². The van der Waals surface area contributed by atoms with E-state index in [2.05, 4.69) is 5.32 Å². The number of ether oxygens (including phenoxy) is 1. The molecule has 0 fully saturated rings. The van der Waals surface area contributed by atoms with E-state index in [0.29, 0.717) is 16.3 Å². The molecule has 1 aromatic heterocycles. The summed E-state index contributed by atoms with van der Waals surface area (Å²) in [6.45, 7) is 5.24. The molecule has 0 saturated carbocycles. The molecule has 0 bridgehead atoms. The topological polar surface area (TPSA) is 72.5 Å². The van der Waals surface area contributed by atoms with Crippen LogP contribution in [0.3, 0.4) is 0 Å². The van der Waals surface area contributed by atoms with E-state index >= 15 is 0 Å². The van der Waals surface area contributed by atoms with Gasteiger partial charge in [-0.1, -0.05) is 17.7 Å². The normalized spacial score (nSPS) is 10.5. The van der Waals surface area contributed by atoms with Crippen LogP contribution in [-0.4, -0.2) is 24.3 Å². The highest BCUT2D eigenvalue weighted by Gasteiger charge is 2.15. The Morgan fingerprint density at radius 1 is 1.12 bits per heavy atom. The lowest BCUT2D eigenvalue weighted by molar-refractivity contribution is -0.147. The molecule has 1 amide bonds. The van der Waals surface area contributed by atoms with Crippen LogP contribution in [0.15, 0.2) is 24.3 Å². The average Bonchev–Trinajstić information content (AvgIpc) is 2.92. The maximum absolute atomic E-state index is 12.1. The van der Waals surface area contributed by atoms with E-state index in [1.165, 1.54) is 0 Å². The third-order valence-corrected chi connectivity index (χ3v) is 4.94. The van der Waals surface area contributed by atoms with E-state index in [4.69, 9.17) is 16.3 Å². The molecule has 0 aliphatic rings. The summed E-state index contributed by atoms with van der Waals surface area (Å²) in [5.41, 5.74) is 2.06. The summed E-state index contributed by atoms with van der Waals surface area (Å²) >= 11 is 7.44. The Bertz CT molecular complexity index is 844. The highest BCUT2D eigenvalue weighted by Crippen LogP contribution is 2.22. The molecule has 0 radical (unpaired) electrons. The zero-order chi connectivity index (χ0) is 19.3. The first-order chi connectivity index (χ1) is 12.3. The highest BCUT2D eigenvalue weighted by molar-refractivity contribution is 7.12. The van der Waals surface area contributed by atoms with Crippen LogP contribution in [0.25, 0.3) is 0 Å². The van der Waals surface area contributed by atoms with Gasteiger partial charge in [0.2, 0.25) is 0 Å². The molecule has 5 nitrogen and oxygen atoms in total. The monoisotopic (exact) mass is 393 g/mol. The molecule has 1 aromatic carbocycles. The number of thiophene rings is 1.